The lowest BCUT2D eigenvalue weighted by Gasteiger charge is -2.25. The van der Waals surface area contributed by atoms with Gasteiger partial charge >= 0.3 is 0 Å². The SMILES string of the molecule is COc1c(OC2CCOCC2)cccc1C(O)CN. The molecule has 1 aliphatic heterocycles. The van der Waals surface area contributed by atoms with Gasteiger partial charge in [0.25, 0.3) is 0 Å². The number of methoxy groups -OCH3 is 1. The molecular formula is C14H21NO4. The molecule has 1 unspecified atom stereocenters. The highest BCUT2D eigenvalue weighted by Crippen LogP contribution is 2.35. The predicted molar refractivity (Wildman–Crippen MR) is 71.5 cm³/mol. The zero-order valence-corrected chi connectivity index (χ0v) is 11.2. The first-order valence-corrected chi connectivity index (χ1v) is 6.55. The van der Waals surface area contributed by atoms with Crippen LogP contribution in [0, 0.1) is 0 Å². The van der Waals surface area contributed by atoms with E-state index in [0.717, 1.165) is 26.1 Å². The van der Waals surface area contributed by atoms with Gasteiger partial charge in [0.05, 0.1) is 26.4 Å². The average Bonchev–Trinajstić information content (AvgIpc) is 2.47. The summed E-state index contributed by atoms with van der Waals surface area (Å²) in [6, 6.07) is 5.49. The molecule has 1 fully saturated rings. The van der Waals surface area contributed by atoms with Crippen LogP contribution >= 0.6 is 0 Å². The molecule has 0 saturated carbocycles. The van der Waals surface area contributed by atoms with Gasteiger partial charge in [-0.1, -0.05) is 12.1 Å². The van der Waals surface area contributed by atoms with E-state index < -0.39 is 6.10 Å². The standard InChI is InChI=1S/C14H21NO4/c1-17-14-11(12(16)9-15)3-2-4-13(14)19-10-5-7-18-8-6-10/h2-4,10,12,16H,5-9,15H2,1H3. The Balaban J connectivity index is 2.19. The van der Waals surface area contributed by atoms with Crippen molar-refractivity contribution in [1.29, 1.82) is 0 Å². The summed E-state index contributed by atoms with van der Waals surface area (Å²) in [7, 11) is 1.57. The Morgan fingerprint density at radius 1 is 1.42 bits per heavy atom. The number of ether oxygens (including phenoxy) is 3. The highest BCUT2D eigenvalue weighted by Gasteiger charge is 2.20. The van der Waals surface area contributed by atoms with Crippen LogP contribution in [0.3, 0.4) is 0 Å². The molecule has 1 aliphatic rings. The first kappa shape index (κ1) is 14.1. The molecule has 0 radical (unpaired) electrons. The summed E-state index contributed by atoms with van der Waals surface area (Å²) < 4.78 is 16.6. The number of rotatable bonds is 5. The van der Waals surface area contributed by atoms with Crippen LogP contribution in [-0.2, 0) is 4.74 Å². The number of benzene rings is 1. The fraction of sp³-hybridized carbons (Fsp3) is 0.571. The average molecular weight is 267 g/mol. The molecule has 0 amide bonds. The minimum Gasteiger partial charge on any atom is -0.492 e. The molecule has 0 aliphatic carbocycles. The van der Waals surface area contributed by atoms with Crippen molar-refractivity contribution in [2.45, 2.75) is 25.0 Å². The molecule has 0 aromatic heterocycles. The summed E-state index contributed by atoms with van der Waals surface area (Å²) in [6.07, 6.45) is 1.13. The minimum absolute atomic E-state index is 0.132. The maximum absolute atomic E-state index is 9.89. The molecule has 1 saturated heterocycles. The molecule has 5 heteroatoms. The zero-order chi connectivity index (χ0) is 13.7. The third-order valence-electron chi connectivity index (χ3n) is 3.26. The van der Waals surface area contributed by atoms with E-state index in [1.807, 2.05) is 12.1 Å². The third-order valence-corrected chi connectivity index (χ3v) is 3.26. The minimum atomic E-state index is -0.742. The molecule has 106 valence electrons. The second kappa shape index (κ2) is 6.75. The molecular weight excluding hydrogens is 246 g/mol. The molecule has 1 aromatic carbocycles. The second-order valence-corrected chi connectivity index (χ2v) is 4.56. The van der Waals surface area contributed by atoms with Gasteiger partial charge in [-0.25, -0.2) is 0 Å². The molecule has 1 atom stereocenters. The van der Waals surface area contributed by atoms with Crippen LogP contribution in [0.25, 0.3) is 0 Å². The molecule has 0 bridgehead atoms. The Bertz CT molecular complexity index is 404. The molecule has 3 N–H and O–H groups in total. The topological polar surface area (TPSA) is 73.9 Å². The first-order valence-electron chi connectivity index (χ1n) is 6.55. The Morgan fingerprint density at radius 3 is 2.79 bits per heavy atom. The van der Waals surface area contributed by atoms with Crippen molar-refractivity contribution in [3.05, 3.63) is 23.8 Å². The number of hydrogen-bond acceptors (Lipinski definition) is 5. The number of hydrogen-bond donors (Lipinski definition) is 2. The van der Waals surface area contributed by atoms with Crippen molar-refractivity contribution in [2.75, 3.05) is 26.9 Å². The lowest BCUT2D eigenvalue weighted by molar-refractivity contribution is 0.0243. The molecule has 1 heterocycles. The van der Waals surface area contributed by atoms with Crippen molar-refractivity contribution in [3.8, 4) is 11.5 Å². The zero-order valence-electron chi connectivity index (χ0n) is 11.2. The molecule has 1 aromatic rings. The van der Waals surface area contributed by atoms with Crippen molar-refractivity contribution in [3.63, 3.8) is 0 Å². The Morgan fingerprint density at radius 2 is 2.16 bits per heavy atom. The number of aliphatic hydroxyl groups is 1. The lowest BCUT2D eigenvalue weighted by atomic mass is 10.1. The van der Waals surface area contributed by atoms with E-state index in [1.165, 1.54) is 0 Å². The van der Waals surface area contributed by atoms with Crippen molar-refractivity contribution in [1.82, 2.24) is 0 Å². The van der Waals surface area contributed by atoms with Crippen molar-refractivity contribution < 1.29 is 19.3 Å². The fourth-order valence-electron chi connectivity index (χ4n) is 2.21. The van der Waals surface area contributed by atoms with Crippen molar-refractivity contribution in [2.24, 2.45) is 5.73 Å². The van der Waals surface area contributed by atoms with Gasteiger partial charge in [-0.05, 0) is 6.07 Å². The quantitative estimate of drug-likeness (QED) is 0.839. The molecule has 5 nitrogen and oxygen atoms in total. The van der Waals surface area contributed by atoms with E-state index in [2.05, 4.69) is 0 Å². The van der Waals surface area contributed by atoms with E-state index in [-0.39, 0.29) is 12.6 Å². The van der Waals surface area contributed by atoms with E-state index in [9.17, 15) is 5.11 Å². The largest absolute Gasteiger partial charge is 0.492 e. The van der Waals surface area contributed by atoms with Crippen LogP contribution in [0.5, 0.6) is 11.5 Å². The summed E-state index contributed by atoms with van der Waals surface area (Å²) in [5.74, 6) is 1.21. The van der Waals surface area contributed by atoms with E-state index in [0.29, 0.717) is 17.1 Å². The van der Waals surface area contributed by atoms with Gasteiger partial charge in [-0.2, -0.15) is 0 Å². The van der Waals surface area contributed by atoms with Gasteiger partial charge in [0.15, 0.2) is 11.5 Å². The molecule has 19 heavy (non-hydrogen) atoms. The molecule has 0 spiro atoms. The van der Waals surface area contributed by atoms with E-state index in [1.54, 1.807) is 13.2 Å². The van der Waals surface area contributed by atoms with Crippen LogP contribution in [0.15, 0.2) is 18.2 Å². The normalized spacial score (nSPS) is 18.1. The van der Waals surface area contributed by atoms with Gasteiger partial charge < -0.3 is 25.1 Å². The van der Waals surface area contributed by atoms with Gasteiger partial charge in [0, 0.05) is 24.9 Å². The number of para-hydroxylation sites is 1. The van der Waals surface area contributed by atoms with Gasteiger partial charge in [0.2, 0.25) is 0 Å². The Labute approximate surface area is 113 Å². The lowest BCUT2D eigenvalue weighted by Crippen LogP contribution is -2.26. The molecule has 2 rings (SSSR count). The highest BCUT2D eigenvalue weighted by molar-refractivity contribution is 5.47. The van der Waals surface area contributed by atoms with Crippen LogP contribution < -0.4 is 15.2 Å². The second-order valence-electron chi connectivity index (χ2n) is 4.56. The summed E-state index contributed by atoms with van der Waals surface area (Å²) >= 11 is 0. The summed E-state index contributed by atoms with van der Waals surface area (Å²) in [4.78, 5) is 0. The van der Waals surface area contributed by atoms with Crippen LogP contribution in [0.4, 0.5) is 0 Å². The van der Waals surface area contributed by atoms with Crippen molar-refractivity contribution >= 4 is 0 Å². The summed E-state index contributed by atoms with van der Waals surface area (Å²) in [6.45, 7) is 1.59. The van der Waals surface area contributed by atoms with Gasteiger partial charge in [-0.3, -0.25) is 0 Å². The predicted octanol–water partition coefficient (Wildman–Crippen LogP) is 1.25. The summed E-state index contributed by atoms with van der Waals surface area (Å²) in [5.41, 5.74) is 6.16. The smallest absolute Gasteiger partial charge is 0.166 e. The maximum Gasteiger partial charge on any atom is 0.166 e. The van der Waals surface area contributed by atoms with Gasteiger partial charge in [0.1, 0.15) is 6.10 Å². The highest BCUT2D eigenvalue weighted by atomic mass is 16.5. The Kier molecular flexibility index (Phi) is 5.01. The number of aliphatic hydroxyl groups excluding tert-OH is 1. The van der Waals surface area contributed by atoms with E-state index >= 15 is 0 Å². The third kappa shape index (κ3) is 3.37. The summed E-state index contributed by atoms with van der Waals surface area (Å²) in [5, 5.41) is 9.89. The first-order chi connectivity index (χ1) is 9.26. The maximum atomic E-state index is 9.89. The monoisotopic (exact) mass is 267 g/mol. The van der Waals surface area contributed by atoms with E-state index in [4.69, 9.17) is 19.9 Å². The Hall–Kier alpha value is -1.30. The van der Waals surface area contributed by atoms with Crippen LogP contribution in [0.1, 0.15) is 24.5 Å². The van der Waals surface area contributed by atoms with Gasteiger partial charge in [-0.15, -0.1) is 0 Å². The fourth-order valence-corrected chi connectivity index (χ4v) is 2.21. The van der Waals surface area contributed by atoms with Crippen LogP contribution in [-0.4, -0.2) is 38.1 Å². The number of nitrogens with two attached hydrogens (primary N) is 1. The van der Waals surface area contributed by atoms with Crippen LogP contribution in [0.2, 0.25) is 0 Å².